The van der Waals surface area contributed by atoms with Gasteiger partial charge in [0.05, 0.1) is 18.1 Å². The van der Waals surface area contributed by atoms with Gasteiger partial charge < -0.3 is 14.9 Å². The number of ether oxygens (including phenoxy) is 1. The standard InChI is InChI=1S/C21H22FNO4S/c22-17-9-14(8-13-4-3-7-28-21(13)17)20-16(15(11-23)10-18(20)24)5-1-2-6-27-12-19(25)26/h8-9,15-16,18,20,24H,3-7,10,12H2,(H,25,26)/t15-,16?,18+,20?/m0/s1. The molecule has 2 N–H and O–H groups in total. The predicted octanol–water partition coefficient (Wildman–Crippen LogP) is 2.96. The first-order chi connectivity index (χ1) is 13.5. The van der Waals surface area contributed by atoms with Gasteiger partial charge in [-0.25, -0.2) is 9.18 Å². The minimum absolute atomic E-state index is 0.00580. The Bertz CT molecular complexity index is 841. The summed E-state index contributed by atoms with van der Waals surface area (Å²) < 4.78 is 19.5. The van der Waals surface area contributed by atoms with Crippen LogP contribution in [0.4, 0.5) is 4.39 Å². The highest BCUT2D eigenvalue weighted by Crippen LogP contribution is 2.46. The molecule has 1 aliphatic heterocycles. The third kappa shape index (κ3) is 4.67. The number of rotatable bonds is 5. The number of nitriles is 1. The SMILES string of the molecule is N#C[C@@H]1C[C@@H](O)C(c2cc(F)c3c(c2)CCCS3)C1CC#CCOCC(=O)O. The van der Waals surface area contributed by atoms with Crippen LogP contribution in [0.2, 0.25) is 0 Å². The second kappa shape index (κ2) is 9.43. The zero-order chi connectivity index (χ0) is 20.1. The highest BCUT2D eigenvalue weighted by molar-refractivity contribution is 7.99. The topological polar surface area (TPSA) is 90.5 Å². The molecule has 0 aromatic heterocycles. The summed E-state index contributed by atoms with van der Waals surface area (Å²) in [6.45, 7) is -0.416. The fraction of sp³-hybridized carbons (Fsp3) is 0.524. The Morgan fingerprint density at radius 2 is 2.21 bits per heavy atom. The number of halogens is 1. The fourth-order valence-corrected chi connectivity index (χ4v) is 5.12. The third-order valence-corrected chi connectivity index (χ3v) is 6.52. The molecule has 2 aliphatic rings. The van der Waals surface area contributed by atoms with Gasteiger partial charge in [0.2, 0.25) is 0 Å². The highest BCUT2D eigenvalue weighted by Gasteiger charge is 2.43. The van der Waals surface area contributed by atoms with Crippen LogP contribution in [0.25, 0.3) is 0 Å². The first kappa shape index (κ1) is 20.7. The second-order valence-electron chi connectivity index (χ2n) is 7.12. The molecule has 1 aliphatic carbocycles. The summed E-state index contributed by atoms with van der Waals surface area (Å²) in [5.74, 6) is 4.38. The Labute approximate surface area is 167 Å². The number of aliphatic hydroxyl groups is 1. The molecule has 0 bridgehead atoms. The molecule has 0 spiro atoms. The Balaban J connectivity index is 1.78. The lowest BCUT2D eigenvalue weighted by Crippen LogP contribution is -2.19. The smallest absolute Gasteiger partial charge is 0.329 e. The van der Waals surface area contributed by atoms with Gasteiger partial charge in [-0.15, -0.1) is 17.7 Å². The molecule has 5 nitrogen and oxygen atoms in total. The van der Waals surface area contributed by atoms with E-state index < -0.39 is 18.7 Å². The number of thioether (sulfide) groups is 1. The van der Waals surface area contributed by atoms with Crippen LogP contribution in [-0.4, -0.2) is 41.3 Å². The van der Waals surface area contributed by atoms with Gasteiger partial charge in [-0.2, -0.15) is 5.26 Å². The Hall–Kier alpha value is -2.06. The van der Waals surface area contributed by atoms with Crippen LogP contribution in [0.1, 0.15) is 36.3 Å². The Kier molecular flexibility index (Phi) is 6.96. The number of nitrogens with zero attached hydrogens (tertiary/aromatic N) is 1. The van der Waals surface area contributed by atoms with Crippen molar-refractivity contribution in [2.24, 2.45) is 11.8 Å². The Morgan fingerprint density at radius 1 is 1.39 bits per heavy atom. The molecule has 0 saturated heterocycles. The van der Waals surface area contributed by atoms with Crippen molar-refractivity contribution in [3.63, 3.8) is 0 Å². The summed E-state index contributed by atoms with van der Waals surface area (Å²) >= 11 is 1.53. The molecule has 1 fully saturated rings. The van der Waals surface area contributed by atoms with Crippen molar-refractivity contribution in [3.8, 4) is 17.9 Å². The van der Waals surface area contributed by atoms with Crippen molar-refractivity contribution in [1.29, 1.82) is 5.26 Å². The number of aliphatic hydroxyl groups excluding tert-OH is 1. The molecular weight excluding hydrogens is 381 g/mol. The second-order valence-corrected chi connectivity index (χ2v) is 8.22. The summed E-state index contributed by atoms with van der Waals surface area (Å²) in [5.41, 5.74) is 1.71. The van der Waals surface area contributed by atoms with Gasteiger partial charge >= 0.3 is 5.97 Å². The van der Waals surface area contributed by atoms with E-state index >= 15 is 0 Å². The number of aryl methyl sites for hydroxylation is 1. The van der Waals surface area contributed by atoms with Crippen molar-refractivity contribution < 1.29 is 24.1 Å². The third-order valence-electron chi connectivity index (χ3n) is 5.28. The molecule has 7 heteroatoms. The summed E-state index contributed by atoms with van der Waals surface area (Å²) in [7, 11) is 0. The van der Waals surface area contributed by atoms with Gasteiger partial charge in [-0.3, -0.25) is 0 Å². The molecule has 148 valence electrons. The number of carbonyl (C=O) groups is 1. The summed E-state index contributed by atoms with van der Waals surface area (Å²) in [5, 5.41) is 28.6. The number of hydrogen-bond donors (Lipinski definition) is 2. The van der Waals surface area contributed by atoms with Gasteiger partial charge in [0, 0.05) is 17.2 Å². The largest absolute Gasteiger partial charge is 0.480 e. The fourth-order valence-electron chi connectivity index (χ4n) is 4.08. The maximum Gasteiger partial charge on any atom is 0.329 e. The normalized spacial score (nSPS) is 26.0. The van der Waals surface area contributed by atoms with Crippen LogP contribution in [-0.2, 0) is 16.0 Å². The van der Waals surface area contributed by atoms with Crippen molar-refractivity contribution in [2.75, 3.05) is 19.0 Å². The summed E-state index contributed by atoms with van der Waals surface area (Å²) in [6, 6.07) is 5.74. The molecule has 1 heterocycles. The first-order valence-electron chi connectivity index (χ1n) is 9.29. The van der Waals surface area contributed by atoms with E-state index in [4.69, 9.17) is 9.84 Å². The van der Waals surface area contributed by atoms with Crippen LogP contribution < -0.4 is 0 Å². The van der Waals surface area contributed by atoms with Crippen LogP contribution in [0.5, 0.6) is 0 Å². The molecule has 0 amide bonds. The number of hydrogen-bond acceptors (Lipinski definition) is 5. The molecule has 2 unspecified atom stereocenters. The molecule has 1 aromatic rings. The maximum absolute atomic E-state index is 14.6. The summed E-state index contributed by atoms with van der Waals surface area (Å²) in [4.78, 5) is 11.1. The van der Waals surface area contributed by atoms with Gasteiger partial charge in [-0.05, 0) is 48.1 Å². The molecular formula is C21H22FNO4S. The number of carboxylic acids is 1. The van der Waals surface area contributed by atoms with Gasteiger partial charge in [0.15, 0.2) is 0 Å². The molecule has 1 aromatic carbocycles. The van der Waals surface area contributed by atoms with E-state index in [0.29, 0.717) is 17.7 Å². The molecule has 28 heavy (non-hydrogen) atoms. The number of fused-ring (bicyclic) bond motifs is 1. The minimum atomic E-state index is -1.06. The average molecular weight is 403 g/mol. The lowest BCUT2D eigenvalue weighted by atomic mass is 9.82. The Morgan fingerprint density at radius 3 is 2.96 bits per heavy atom. The zero-order valence-electron chi connectivity index (χ0n) is 15.4. The van der Waals surface area contributed by atoms with E-state index in [1.807, 2.05) is 6.07 Å². The average Bonchev–Trinajstić information content (AvgIpc) is 2.99. The van der Waals surface area contributed by atoms with Crippen LogP contribution in [0.15, 0.2) is 17.0 Å². The van der Waals surface area contributed by atoms with E-state index in [1.54, 1.807) is 0 Å². The molecule has 3 rings (SSSR count). The van der Waals surface area contributed by atoms with E-state index in [-0.39, 0.29) is 30.2 Å². The van der Waals surface area contributed by atoms with Crippen LogP contribution in [0, 0.1) is 40.8 Å². The van der Waals surface area contributed by atoms with Gasteiger partial charge in [0.1, 0.15) is 19.0 Å². The summed E-state index contributed by atoms with van der Waals surface area (Å²) in [6.07, 6.45) is 1.82. The van der Waals surface area contributed by atoms with E-state index in [0.717, 1.165) is 29.7 Å². The van der Waals surface area contributed by atoms with Gasteiger partial charge in [0.25, 0.3) is 0 Å². The molecule has 4 atom stereocenters. The van der Waals surface area contributed by atoms with E-state index in [9.17, 15) is 19.6 Å². The van der Waals surface area contributed by atoms with Crippen molar-refractivity contribution >= 4 is 17.7 Å². The van der Waals surface area contributed by atoms with Crippen molar-refractivity contribution in [1.82, 2.24) is 0 Å². The predicted molar refractivity (Wildman–Crippen MR) is 102 cm³/mol. The van der Waals surface area contributed by atoms with E-state index in [2.05, 4.69) is 17.9 Å². The van der Waals surface area contributed by atoms with Gasteiger partial charge in [-0.1, -0.05) is 12.0 Å². The lowest BCUT2D eigenvalue weighted by molar-refractivity contribution is -0.141. The maximum atomic E-state index is 14.6. The lowest BCUT2D eigenvalue weighted by Gasteiger charge is -2.25. The zero-order valence-corrected chi connectivity index (χ0v) is 16.2. The number of aliphatic carboxylic acids is 1. The monoisotopic (exact) mass is 403 g/mol. The highest BCUT2D eigenvalue weighted by atomic mass is 32.2. The number of benzene rings is 1. The van der Waals surface area contributed by atoms with Crippen molar-refractivity contribution in [3.05, 3.63) is 29.1 Å². The molecule has 0 radical (unpaired) electrons. The first-order valence-corrected chi connectivity index (χ1v) is 10.3. The van der Waals surface area contributed by atoms with Crippen LogP contribution >= 0.6 is 11.8 Å². The quantitative estimate of drug-likeness (QED) is 0.580. The van der Waals surface area contributed by atoms with E-state index in [1.165, 1.54) is 17.8 Å². The van der Waals surface area contributed by atoms with Crippen LogP contribution in [0.3, 0.4) is 0 Å². The number of carboxylic acid groups (broad SMARTS) is 1. The minimum Gasteiger partial charge on any atom is -0.480 e. The molecule has 1 saturated carbocycles. The van der Waals surface area contributed by atoms with Crippen molar-refractivity contribution in [2.45, 2.75) is 42.6 Å².